The predicted molar refractivity (Wildman–Crippen MR) is 61.0 cm³/mol. The molecule has 0 radical (unpaired) electrons. The fourth-order valence-electron chi connectivity index (χ4n) is 1.64. The molecule has 0 aliphatic heterocycles. The first kappa shape index (κ1) is 12.4. The molecule has 0 spiro atoms. The average Bonchev–Trinajstić information content (AvgIpc) is 2.26. The van der Waals surface area contributed by atoms with E-state index in [9.17, 15) is 14.9 Å². The molecule has 0 heterocycles. The zero-order chi connectivity index (χ0) is 12.1. The summed E-state index contributed by atoms with van der Waals surface area (Å²) in [6.07, 6.45) is 0.772. The highest BCUT2D eigenvalue weighted by Gasteiger charge is 2.23. The Labute approximate surface area is 94.4 Å². The number of aldehydes is 1. The van der Waals surface area contributed by atoms with Gasteiger partial charge in [0.1, 0.15) is 6.29 Å². The molecule has 0 aliphatic rings. The van der Waals surface area contributed by atoms with Crippen molar-refractivity contribution >= 4 is 6.29 Å². The van der Waals surface area contributed by atoms with Gasteiger partial charge in [-0.15, -0.1) is 0 Å². The maximum absolute atomic E-state index is 10.7. The Morgan fingerprint density at radius 2 is 1.94 bits per heavy atom. The van der Waals surface area contributed by atoms with Gasteiger partial charge in [0, 0.05) is 10.8 Å². The highest BCUT2D eigenvalue weighted by molar-refractivity contribution is 5.55. The first-order valence-corrected chi connectivity index (χ1v) is 5.18. The third-order valence-electron chi connectivity index (χ3n) is 2.70. The summed E-state index contributed by atoms with van der Waals surface area (Å²) in [5.41, 5.74) is 1.95. The summed E-state index contributed by atoms with van der Waals surface area (Å²) in [5, 5.41) is 10.6. The number of nitrogens with zero attached hydrogens (tertiary/aromatic N) is 1. The van der Waals surface area contributed by atoms with E-state index in [0.29, 0.717) is 0 Å². The van der Waals surface area contributed by atoms with Gasteiger partial charge in [-0.25, -0.2) is 0 Å². The lowest BCUT2D eigenvalue weighted by Crippen LogP contribution is -2.20. The van der Waals surface area contributed by atoms with Gasteiger partial charge in [0.25, 0.3) is 0 Å². The van der Waals surface area contributed by atoms with E-state index in [0.717, 1.165) is 17.4 Å². The predicted octanol–water partition coefficient (Wildman–Crippen LogP) is 2.19. The molecule has 0 bridgehead atoms. The largest absolute Gasteiger partial charge is 0.303 e. The number of nitro groups is 1. The number of hydrogen-bond donors (Lipinski definition) is 0. The smallest absolute Gasteiger partial charge is 0.211 e. The van der Waals surface area contributed by atoms with E-state index in [2.05, 4.69) is 0 Å². The van der Waals surface area contributed by atoms with Crippen LogP contribution in [-0.2, 0) is 4.79 Å². The van der Waals surface area contributed by atoms with Crippen LogP contribution in [0.1, 0.15) is 24.0 Å². The number of hydrogen-bond acceptors (Lipinski definition) is 3. The SMILES string of the molecule is Cc1ccc([C@@H](C[N+](=O)[O-])[C@H](C)C=O)cc1. The third kappa shape index (κ3) is 3.15. The molecule has 0 amide bonds. The number of carbonyl (C=O) groups is 1. The molecular formula is C12H15NO3. The fraction of sp³-hybridized carbons (Fsp3) is 0.417. The first-order valence-electron chi connectivity index (χ1n) is 5.18. The lowest BCUT2D eigenvalue weighted by Gasteiger charge is -2.16. The molecule has 86 valence electrons. The van der Waals surface area contributed by atoms with Gasteiger partial charge in [-0.1, -0.05) is 36.8 Å². The molecule has 4 heteroatoms. The average molecular weight is 221 g/mol. The molecule has 4 nitrogen and oxygen atoms in total. The lowest BCUT2D eigenvalue weighted by molar-refractivity contribution is -0.484. The van der Waals surface area contributed by atoms with E-state index in [1.54, 1.807) is 6.92 Å². The summed E-state index contributed by atoms with van der Waals surface area (Å²) in [7, 11) is 0. The van der Waals surface area contributed by atoms with Gasteiger partial charge in [0.15, 0.2) is 0 Å². The van der Waals surface area contributed by atoms with Crippen LogP contribution in [0.4, 0.5) is 0 Å². The molecule has 1 rings (SSSR count). The Bertz CT molecular complexity index is 372. The molecule has 0 aliphatic carbocycles. The minimum atomic E-state index is -0.371. The molecule has 0 fully saturated rings. The van der Waals surface area contributed by atoms with Gasteiger partial charge in [-0.2, -0.15) is 0 Å². The molecule has 0 saturated carbocycles. The van der Waals surface area contributed by atoms with Crippen molar-refractivity contribution in [3.8, 4) is 0 Å². The van der Waals surface area contributed by atoms with Crippen molar-refractivity contribution in [2.45, 2.75) is 19.8 Å². The van der Waals surface area contributed by atoms with E-state index < -0.39 is 0 Å². The van der Waals surface area contributed by atoms with E-state index >= 15 is 0 Å². The van der Waals surface area contributed by atoms with Crippen LogP contribution in [0.3, 0.4) is 0 Å². The molecule has 1 aromatic carbocycles. The Kier molecular flexibility index (Phi) is 4.17. The molecule has 2 atom stereocenters. The van der Waals surface area contributed by atoms with Crippen LogP contribution in [0.2, 0.25) is 0 Å². The van der Waals surface area contributed by atoms with Crippen molar-refractivity contribution in [3.63, 3.8) is 0 Å². The molecule has 0 aromatic heterocycles. The van der Waals surface area contributed by atoms with E-state index in [4.69, 9.17) is 0 Å². The summed E-state index contributed by atoms with van der Waals surface area (Å²) in [4.78, 5) is 20.9. The van der Waals surface area contributed by atoms with Gasteiger partial charge >= 0.3 is 0 Å². The maximum Gasteiger partial charge on any atom is 0.211 e. The summed E-state index contributed by atoms with van der Waals surface area (Å²) in [6.45, 7) is 3.46. The number of rotatable bonds is 5. The van der Waals surface area contributed by atoms with Crippen LogP contribution in [0.5, 0.6) is 0 Å². The fourth-order valence-corrected chi connectivity index (χ4v) is 1.64. The van der Waals surface area contributed by atoms with Crippen molar-refractivity contribution in [3.05, 3.63) is 45.5 Å². The van der Waals surface area contributed by atoms with E-state index in [-0.39, 0.29) is 23.3 Å². The molecule has 0 saturated heterocycles. The lowest BCUT2D eigenvalue weighted by atomic mass is 9.88. The second kappa shape index (κ2) is 5.39. The van der Waals surface area contributed by atoms with Gasteiger partial charge in [0.05, 0.1) is 5.92 Å². The Morgan fingerprint density at radius 1 is 1.38 bits per heavy atom. The zero-order valence-electron chi connectivity index (χ0n) is 9.42. The minimum absolute atomic E-state index is 0.205. The maximum atomic E-state index is 10.7. The van der Waals surface area contributed by atoms with Crippen molar-refractivity contribution in [2.75, 3.05) is 6.54 Å². The number of aryl methyl sites for hydroxylation is 1. The summed E-state index contributed by atoms with van der Waals surface area (Å²) >= 11 is 0. The van der Waals surface area contributed by atoms with Crippen LogP contribution < -0.4 is 0 Å². The standard InChI is InChI=1S/C12H15NO3/c1-9-3-5-11(6-4-9)12(7-13(15)16)10(2)8-14/h3-6,8,10,12H,7H2,1-2H3/t10-,12+/m1/s1. The van der Waals surface area contributed by atoms with Crippen LogP contribution in [-0.4, -0.2) is 17.8 Å². The first-order chi connectivity index (χ1) is 7.54. The summed E-state index contributed by atoms with van der Waals surface area (Å²) in [5.74, 6) is -0.679. The van der Waals surface area contributed by atoms with Crippen molar-refractivity contribution < 1.29 is 9.72 Å². The minimum Gasteiger partial charge on any atom is -0.303 e. The Balaban J connectivity index is 2.95. The van der Waals surface area contributed by atoms with Gasteiger partial charge in [-0.3, -0.25) is 10.1 Å². The van der Waals surface area contributed by atoms with Crippen LogP contribution >= 0.6 is 0 Å². The topological polar surface area (TPSA) is 60.2 Å². The second-order valence-corrected chi connectivity index (χ2v) is 4.03. The van der Waals surface area contributed by atoms with E-state index in [1.807, 2.05) is 31.2 Å². The second-order valence-electron chi connectivity index (χ2n) is 4.03. The highest BCUT2D eigenvalue weighted by atomic mass is 16.6. The molecule has 0 N–H and O–H groups in total. The summed E-state index contributed by atoms with van der Waals surface area (Å²) < 4.78 is 0. The number of carbonyl (C=O) groups excluding carboxylic acids is 1. The molecule has 0 unspecified atom stereocenters. The van der Waals surface area contributed by atoms with Crippen LogP contribution in [0, 0.1) is 23.0 Å². The monoisotopic (exact) mass is 221 g/mol. The highest BCUT2D eigenvalue weighted by Crippen LogP contribution is 2.23. The Hall–Kier alpha value is -1.71. The Morgan fingerprint density at radius 3 is 2.38 bits per heavy atom. The quantitative estimate of drug-likeness (QED) is 0.435. The van der Waals surface area contributed by atoms with Gasteiger partial charge in [-0.05, 0) is 12.5 Å². The van der Waals surface area contributed by atoms with E-state index in [1.165, 1.54) is 0 Å². The molecular weight excluding hydrogens is 206 g/mol. The zero-order valence-corrected chi connectivity index (χ0v) is 9.42. The molecule has 16 heavy (non-hydrogen) atoms. The van der Waals surface area contributed by atoms with Crippen LogP contribution in [0.25, 0.3) is 0 Å². The van der Waals surface area contributed by atoms with Gasteiger partial charge < -0.3 is 4.79 Å². The van der Waals surface area contributed by atoms with Crippen molar-refractivity contribution in [1.82, 2.24) is 0 Å². The summed E-state index contributed by atoms with van der Waals surface area (Å²) in [6, 6.07) is 7.51. The van der Waals surface area contributed by atoms with Gasteiger partial charge in [0.2, 0.25) is 6.54 Å². The van der Waals surface area contributed by atoms with Crippen LogP contribution in [0.15, 0.2) is 24.3 Å². The normalized spacial score (nSPS) is 14.1. The van der Waals surface area contributed by atoms with Crippen molar-refractivity contribution in [2.24, 2.45) is 5.92 Å². The van der Waals surface area contributed by atoms with Crippen molar-refractivity contribution in [1.29, 1.82) is 0 Å². The molecule has 1 aromatic rings. The third-order valence-corrected chi connectivity index (χ3v) is 2.70. The number of benzene rings is 1.